The number of rotatable bonds is 6. The van der Waals surface area contributed by atoms with E-state index in [1.165, 1.54) is 5.56 Å². The maximum Gasteiger partial charge on any atom is 0.220 e. The molecule has 0 aliphatic rings. The number of nitrogens with one attached hydrogen (secondary N) is 2. The number of hydrogen-bond acceptors (Lipinski definition) is 2. The number of aromatic nitrogens is 1. The van der Waals surface area contributed by atoms with Gasteiger partial charge in [-0.15, -0.1) is 0 Å². The minimum Gasteiger partial charge on any atom is -0.396 e. The number of carbonyl (C=O) groups excluding carboxylic acids is 1. The lowest BCUT2D eigenvalue weighted by molar-refractivity contribution is -0.121. The summed E-state index contributed by atoms with van der Waals surface area (Å²) in [5.41, 5.74) is 1.19. The quantitative estimate of drug-likeness (QED) is 0.618. The van der Waals surface area contributed by atoms with Crippen LogP contribution in [-0.4, -0.2) is 29.1 Å². The van der Waals surface area contributed by atoms with E-state index in [9.17, 15) is 4.79 Å². The van der Waals surface area contributed by atoms with E-state index < -0.39 is 0 Å². The number of aliphatic hydroxyl groups is 1. The largest absolute Gasteiger partial charge is 0.396 e. The van der Waals surface area contributed by atoms with Crippen LogP contribution in [0.15, 0.2) is 18.5 Å². The normalized spacial score (nSPS) is 10.1. The number of amides is 1. The van der Waals surface area contributed by atoms with Crippen LogP contribution in [-0.2, 0) is 11.2 Å². The molecule has 0 aliphatic carbocycles. The van der Waals surface area contributed by atoms with Crippen LogP contribution in [0.4, 0.5) is 0 Å². The van der Waals surface area contributed by atoms with Gasteiger partial charge in [0.15, 0.2) is 0 Å². The molecule has 78 valence electrons. The van der Waals surface area contributed by atoms with Crippen LogP contribution in [0.25, 0.3) is 0 Å². The van der Waals surface area contributed by atoms with Crippen LogP contribution < -0.4 is 5.32 Å². The zero-order valence-electron chi connectivity index (χ0n) is 8.12. The van der Waals surface area contributed by atoms with E-state index >= 15 is 0 Å². The maximum absolute atomic E-state index is 11.1. The van der Waals surface area contributed by atoms with Crippen molar-refractivity contribution in [2.45, 2.75) is 19.3 Å². The van der Waals surface area contributed by atoms with Crippen LogP contribution in [0.1, 0.15) is 18.4 Å². The van der Waals surface area contributed by atoms with Crippen molar-refractivity contribution in [2.75, 3.05) is 13.2 Å². The van der Waals surface area contributed by atoms with Gasteiger partial charge in [-0.2, -0.15) is 0 Å². The van der Waals surface area contributed by atoms with E-state index in [-0.39, 0.29) is 12.5 Å². The van der Waals surface area contributed by atoms with E-state index in [4.69, 9.17) is 5.11 Å². The first-order valence-corrected chi connectivity index (χ1v) is 4.82. The molecule has 0 fully saturated rings. The van der Waals surface area contributed by atoms with Gasteiger partial charge in [-0.3, -0.25) is 4.79 Å². The Morgan fingerprint density at radius 2 is 2.43 bits per heavy atom. The first-order valence-electron chi connectivity index (χ1n) is 4.82. The lowest BCUT2D eigenvalue weighted by atomic mass is 10.2. The molecule has 0 bridgehead atoms. The Morgan fingerprint density at radius 3 is 3.07 bits per heavy atom. The molecule has 1 heterocycles. The summed E-state index contributed by atoms with van der Waals surface area (Å²) in [5.74, 6) is 0.00888. The van der Waals surface area contributed by atoms with Crippen LogP contribution >= 0.6 is 0 Å². The molecule has 1 aromatic heterocycles. The predicted molar refractivity (Wildman–Crippen MR) is 53.8 cm³/mol. The third-order valence-electron chi connectivity index (χ3n) is 1.96. The van der Waals surface area contributed by atoms with Crippen molar-refractivity contribution in [1.82, 2.24) is 10.3 Å². The van der Waals surface area contributed by atoms with Crippen LogP contribution in [0, 0.1) is 0 Å². The first-order chi connectivity index (χ1) is 6.83. The smallest absolute Gasteiger partial charge is 0.220 e. The molecule has 0 aliphatic heterocycles. The number of hydrogen-bond donors (Lipinski definition) is 3. The minimum absolute atomic E-state index is 0.00888. The van der Waals surface area contributed by atoms with Gasteiger partial charge >= 0.3 is 0 Å². The van der Waals surface area contributed by atoms with Gasteiger partial charge in [0.05, 0.1) is 0 Å². The highest BCUT2D eigenvalue weighted by Crippen LogP contribution is 1.96. The maximum atomic E-state index is 11.1. The summed E-state index contributed by atoms with van der Waals surface area (Å²) in [6, 6.07) is 1.99. The van der Waals surface area contributed by atoms with Crippen LogP contribution in [0.2, 0.25) is 0 Å². The molecule has 0 saturated carbocycles. The topological polar surface area (TPSA) is 65.1 Å². The lowest BCUT2D eigenvalue weighted by Crippen LogP contribution is -2.25. The Hall–Kier alpha value is -1.29. The molecule has 0 atom stereocenters. The summed E-state index contributed by atoms with van der Waals surface area (Å²) >= 11 is 0. The van der Waals surface area contributed by atoms with Crippen molar-refractivity contribution in [3.63, 3.8) is 0 Å². The van der Waals surface area contributed by atoms with Gasteiger partial charge in [0.2, 0.25) is 5.91 Å². The molecule has 4 heteroatoms. The van der Waals surface area contributed by atoms with Gasteiger partial charge in [-0.05, 0) is 24.5 Å². The molecule has 4 nitrogen and oxygen atoms in total. The minimum atomic E-state index is 0.00888. The summed E-state index contributed by atoms with van der Waals surface area (Å²) in [5, 5.41) is 11.3. The Labute approximate surface area is 83.3 Å². The second-order valence-electron chi connectivity index (χ2n) is 3.15. The molecule has 0 saturated heterocycles. The van der Waals surface area contributed by atoms with E-state index in [0.717, 1.165) is 6.42 Å². The fraction of sp³-hybridized carbons (Fsp3) is 0.500. The zero-order chi connectivity index (χ0) is 10.2. The molecular weight excluding hydrogens is 180 g/mol. The van der Waals surface area contributed by atoms with E-state index in [1.54, 1.807) is 0 Å². The molecule has 1 rings (SSSR count). The fourth-order valence-corrected chi connectivity index (χ4v) is 1.19. The Balaban J connectivity index is 2.06. The predicted octanol–water partition coefficient (Wildman–Crippen LogP) is 0.446. The number of H-pyrrole nitrogens is 1. The number of carbonyl (C=O) groups is 1. The SMILES string of the molecule is O=C(CCCO)NCCc1cc[nH]c1. The van der Waals surface area contributed by atoms with Crippen molar-refractivity contribution >= 4 is 5.91 Å². The lowest BCUT2D eigenvalue weighted by Gasteiger charge is -2.02. The fourth-order valence-electron chi connectivity index (χ4n) is 1.19. The molecule has 0 radical (unpaired) electrons. The molecule has 1 amide bonds. The van der Waals surface area contributed by atoms with Gasteiger partial charge in [-0.1, -0.05) is 0 Å². The van der Waals surface area contributed by atoms with E-state index in [2.05, 4.69) is 10.3 Å². The highest BCUT2D eigenvalue weighted by Gasteiger charge is 1.99. The third-order valence-corrected chi connectivity index (χ3v) is 1.96. The third kappa shape index (κ3) is 4.09. The highest BCUT2D eigenvalue weighted by atomic mass is 16.3. The standard InChI is InChI=1S/C10H16N2O2/c13-7-1-2-10(14)12-6-4-9-3-5-11-8-9/h3,5,8,11,13H,1-2,4,6-7H2,(H,12,14). The summed E-state index contributed by atoms with van der Waals surface area (Å²) < 4.78 is 0. The van der Waals surface area contributed by atoms with Crippen molar-refractivity contribution in [2.24, 2.45) is 0 Å². The molecule has 0 spiro atoms. The first kappa shape index (κ1) is 10.8. The average Bonchev–Trinajstić information content (AvgIpc) is 2.67. The second-order valence-corrected chi connectivity index (χ2v) is 3.15. The van der Waals surface area contributed by atoms with Crippen molar-refractivity contribution in [3.05, 3.63) is 24.0 Å². The van der Waals surface area contributed by atoms with Gasteiger partial charge in [0, 0.05) is 32.0 Å². The molecule has 1 aromatic rings. The molecule has 0 aromatic carbocycles. The molecule has 3 N–H and O–H groups in total. The van der Waals surface area contributed by atoms with Crippen molar-refractivity contribution in [3.8, 4) is 0 Å². The summed E-state index contributed by atoms with van der Waals surface area (Å²) in [6.07, 6.45) is 5.57. The van der Waals surface area contributed by atoms with Crippen molar-refractivity contribution in [1.29, 1.82) is 0 Å². The Kier molecular flexibility index (Phi) is 4.78. The van der Waals surface area contributed by atoms with Crippen molar-refractivity contribution < 1.29 is 9.90 Å². The van der Waals surface area contributed by atoms with Gasteiger partial charge in [-0.25, -0.2) is 0 Å². The average molecular weight is 196 g/mol. The monoisotopic (exact) mass is 196 g/mol. The zero-order valence-corrected chi connectivity index (χ0v) is 8.12. The summed E-state index contributed by atoms with van der Waals surface area (Å²) in [6.45, 7) is 0.730. The van der Waals surface area contributed by atoms with E-state index in [1.807, 2.05) is 18.5 Å². The summed E-state index contributed by atoms with van der Waals surface area (Å²) in [7, 11) is 0. The Morgan fingerprint density at radius 1 is 1.57 bits per heavy atom. The van der Waals surface area contributed by atoms with E-state index in [0.29, 0.717) is 19.4 Å². The van der Waals surface area contributed by atoms with Gasteiger partial charge in [0.1, 0.15) is 0 Å². The van der Waals surface area contributed by atoms with Crippen LogP contribution in [0.5, 0.6) is 0 Å². The second kappa shape index (κ2) is 6.21. The van der Waals surface area contributed by atoms with Gasteiger partial charge < -0.3 is 15.4 Å². The number of aliphatic hydroxyl groups excluding tert-OH is 1. The Bertz CT molecular complexity index is 257. The molecular formula is C10H16N2O2. The van der Waals surface area contributed by atoms with Crippen LogP contribution in [0.3, 0.4) is 0 Å². The molecule has 14 heavy (non-hydrogen) atoms. The number of aromatic amines is 1. The molecule has 0 unspecified atom stereocenters. The van der Waals surface area contributed by atoms with Gasteiger partial charge in [0.25, 0.3) is 0 Å². The highest BCUT2D eigenvalue weighted by molar-refractivity contribution is 5.75. The summed E-state index contributed by atoms with van der Waals surface area (Å²) in [4.78, 5) is 14.1.